The lowest BCUT2D eigenvalue weighted by atomic mass is 10.1. The van der Waals surface area contributed by atoms with Crippen molar-refractivity contribution in [2.45, 2.75) is 25.9 Å². The van der Waals surface area contributed by atoms with Crippen LogP contribution in [0.3, 0.4) is 0 Å². The van der Waals surface area contributed by atoms with Crippen LogP contribution in [0.25, 0.3) is 0 Å². The molecule has 0 aromatic heterocycles. The Bertz CT molecular complexity index is 622. The second kappa shape index (κ2) is 8.73. The molecule has 0 fully saturated rings. The molecule has 0 saturated heterocycles. The van der Waals surface area contributed by atoms with Crippen molar-refractivity contribution in [3.8, 4) is 0 Å². The van der Waals surface area contributed by atoms with Gasteiger partial charge in [0.2, 0.25) is 6.10 Å². The van der Waals surface area contributed by atoms with Gasteiger partial charge >= 0.3 is 11.9 Å². The van der Waals surface area contributed by atoms with E-state index >= 15 is 0 Å². The Hall–Kier alpha value is -2.62. The summed E-state index contributed by atoms with van der Waals surface area (Å²) in [6.45, 7) is 1.96. The van der Waals surface area contributed by atoms with Crippen LogP contribution in [0.5, 0.6) is 0 Å². The summed E-state index contributed by atoms with van der Waals surface area (Å²) in [4.78, 5) is 24.1. The minimum Gasteiger partial charge on any atom is -0.463 e. The van der Waals surface area contributed by atoms with Gasteiger partial charge in [-0.2, -0.15) is 0 Å². The summed E-state index contributed by atoms with van der Waals surface area (Å²) in [7, 11) is 0. The summed E-state index contributed by atoms with van der Waals surface area (Å²) in [5.41, 5.74) is 1.66. The molecule has 0 N–H and O–H groups in total. The average molecular weight is 312 g/mol. The summed E-state index contributed by atoms with van der Waals surface area (Å²) in [6, 6.07) is 18.6. The summed E-state index contributed by atoms with van der Waals surface area (Å²) in [6.07, 6.45) is -0.226. The topological polar surface area (TPSA) is 52.6 Å². The van der Waals surface area contributed by atoms with E-state index in [9.17, 15) is 9.59 Å². The Kier molecular flexibility index (Phi) is 6.36. The number of carbonyl (C=O) groups excluding carboxylic acids is 2. The van der Waals surface area contributed by atoms with E-state index in [2.05, 4.69) is 0 Å². The van der Waals surface area contributed by atoms with Gasteiger partial charge in [0.1, 0.15) is 0 Å². The predicted octanol–water partition coefficient (Wildman–Crippen LogP) is 3.47. The molecule has 1 atom stereocenters. The summed E-state index contributed by atoms with van der Waals surface area (Å²) in [5, 5.41) is 0. The number of rotatable bonds is 7. The third-order valence-electron chi connectivity index (χ3n) is 3.31. The van der Waals surface area contributed by atoms with Gasteiger partial charge in [0.25, 0.3) is 0 Å². The third kappa shape index (κ3) is 5.25. The van der Waals surface area contributed by atoms with Gasteiger partial charge < -0.3 is 9.47 Å². The molecule has 0 aliphatic carbocycles. The third-order valence-corrected chi connectivity index (χ3v) is 3.31. The van der Waals surface area contributed by atoms with Crippen LogP contribution in [0.1, 0.15) is 30.6 Å². The summed E-state index contributed by atoms with van der Waals surface area (Å²) < 4.78 is 10.4. The Morgan fingerprint density at radius 3 is 2.17 bits per heavy atom. The van der Waals surface area contributed by atoms with Crippen molar-refractivity contribution in [3.05, 3.63) is 71.8 Å². The fourth-order valence-corrected chi connectivity index (χ4v) is 2.18. The van der Waals surface area contributed by atoms with Crippen molar-refractivity contribution in [2.75, 3.05) is 6.61 Å². The Balaban J connectivity index is 1.99. The van der Waals surface area contributed by atoms with Crippen molar-refractivity contribution >= 4 is 11.9 Å². The van der Waals surface area contributed by atoms with E-state index in [-0.39, 0.29) is 13.0 Å². The van der Waals surface area contributed by atoms with E-state index in [1.165, 1.54) is 0 Å². The molecule has 0 saturated carbocycles. The molecule has 0 aliphatic rings. The number of benzene rings is 2. The van der Waals surface area contributed by atoms with Crippen LogP contribution in [-0.4, -0.2) is 18.5 Å². The van der Waals surface area contributed by atoms with Crippen molar-refractivity contribution in [1.29, 1.82) is 0 Å². The first-order valence-electron chi connectivity index (χ1n) is 7.65. The number of aryl methyl sites for hydroxylation is 1. The van der Waals surface area contributed by atoms with Gasteiger partial charge in [0.05, 0.1) is 6.61 Å². The minimum atomic E-state index is -1.01. The molecule has 0 radical (unpaired) electrons. The highest BCUT2D eigenvalue weighted by atomic mass is 16.6. The Morgan fingerprint density at radius 2 is 1.57 bits per heavy atom. The van der Waals surface area contributed by atoms with E-state index in [0.717, 1.165) is 5.56 Å². The van der Waals surface area contributed by atoms with E-state index in [4.69, 9.17) is 9.47 Å². The molecule has 0 heterocycles. The molecule has 0 unspecified atom stereocenters. The molecule has 120 valence electrons. The van der Waals surface area contributed by atoms with Crippen LogP contribution >= 0.6 is 0 Å². The van der Waals surface area contributed by atoms with Crippen LogP contribution in [-0.2, 0) is 25.5 Å². The summed E-state index contributed by atoms with van der Waals surface area (Å²) in [5.74, 6) is -0.970. The van der Waals surface area contributed by atoms with Gasteiger partial charge in [0.15, 0.2) is 0 Å². The van der Waals surface area contributed by atoms with Gasteiger partial charge in [0, 0.05) is 12.0 Å². The second-order valence-electron chi connectivity index (χ2n) is 5.02. The molecule has 4 heteroatoms. The average Bonchev–Trinajstić information content (AvgIpc) is 2.59. The summed E-state index contributed by atoms with van der Waals surface area (Å²) >= 11 is 0. The standard InChI is InChI=1S/C19H20O4/c1-2-22-19(21)18(16-11-7-4-8-12-16)23-17(20)14-13-15-9-5-3-6-10-15/h3-12,18H,2,13-14H2,1H3/t18-/m1/s1. The zero-order chi connectivity index (χ0) is 16.5. The number of hydrogen-bond acceptors (Lipinski definition) is 4. The number of ether oxygens (including phenoxy) is 2. The van der Waals surface area contributed by atoms with E-state index in [0.29, 0.717) is 12.0 Å². The lowest BCUT2D eigenvalue weighted by Crippen LogP contribution is -2.22. The number of esters is 2. The van der Waals surface area contributed by atoms with Gasteiger partial charge in [-0.05, 0) is 18.9 Å². The first-order valence-corrected chi connectivity index (χ1v) is 7.65. The molecule has 0 spiro atoms. The smallest absolute Gasteiger partial charge is 0.352 e. The molecule has 2 aromatic carbocycles. The van der Waals surface area contributed by atoms with Crippen LogP contribution in [0.2, 0.25) is 0 Å². The first kappa shape index (κ1) is 16.7. The molecule has 2 rings (SSSR count). The molecule has 4 nitrogen and oxygen atoms in total. The Morgan fingerprint density at radius 1 is 0.957 bits per heavy atom. The molecule has 0 aliphatic heterocycles. The predicted molar refractivity (Wildman–Crippen MR) is 86.7 cm³/mol. The SMILES string of the molecule is CCOC(=O)[C@H](OC(=O)CCc1ccccc1)c1ccccc1. The van der Waals surface area contributed by atoms with Crippen molar-refractivity contribution in [2.24, 2.45) is 0 Å². The molecule has 0 amide bonds. The quantitative estimate of drug-likeness (QED) is 0.735. The minimum absolute atomic E-state index is 0.215. The van der Waals surface area contributed by atoms with Crippen LogP contribution in [0.15, 0.2) is 60.7 Å². The second-order valence-corrected chi connectivity index (χ2v) is 5.02. The molecule has 0 bridgehead atoms. The highest BCUT2D eigenvalue weighted by Crippen LogP contribution is 2.20. The van der Waals surface area contributed by atoms with Gasteiger partial charge in [-0.1, -0.05) is 60.7 Å². The molecular formula is C19H20O4. The van der Waals surface area contributed by atoms with Gasteiger partial charge in [-0.25, -0.2) is 4.79 Å². The van der Waals surface area contributed by atoms with Gasteiger partial charge in [-0.3, -0.25) is 4.79 Å². The fourth-order valence-electron chi connectivity index (χ4n) is 2.18. The van der Waals surface area contributed by atoms with Crippen molar-refractivity contribution in [3.63, 3.8) is 0 Å². The lowest BCUT2D eigenvalue weighted by Gasteiger charge is -2.16. The normalized spacial score (nSPS) is 11.5. The lowest BCUT2D eigenvalue weighted by molar-refractivity contribution is -0.168. The van der Waals surface area contributed by atoms with Gasteiger partial charge in [-0.15, -0.1) is 0 Å². The van der Waals surface area contributed by atoms with Crippen molar-refractivity contribution < 1.29 is 19.1 Å². The molecule has 2 aromatic rings. The molecular weight excluding hydrogens is 292 g/mol. The highest BCUT2D eigenvalue weighted by Gasteiger charge is 2.26. The highest BCUT2D eigenvalue weighted by molar-refractivity contribution is 5.80. The monoisotopic (exact) mass is 312 g/mol. The number of hydrogen-bond donors (Lipinski definition) is 0. The largest absolute Gasteiger partial charge is 0.463 e. The van der Waals surface area contributed by atoms with E-state index < -0.39 is 18.0 Å². The molecule has 23 heavy (non-hydrogen) atoms. The maximum absolute atomic E-state index is 12.1. The number of carbonyl (C=O) groups is 2. The Labute approximate surface area is 136 Å². The van der Waals surface area contributed by atoms with Crippen LogP contribution in [0.4, 0.5) is 0 Å². The van der Waals surface area contributed by atoms with Crippen LogP contribution < -0.4 is 0 Å². The fraction of sp³-hybridized carbons (Fsp3) is 0.263. The maximum Gasteiger partial charge on any atom is 0.352 e. The zero-order valence-electron chi connectivity index (χ0n) is 13.1. The first-order chi connectivity index (χ1) is 11.2. The van der Waals surface area contributed by atoms with Crippen LogP contribution in [0, 0.1) is 0 Å². The van der Waals surface area contributed by atoms with Crippen molar-refractivity contribution in [1.82, 2.24) is 0 Å². The maximum atomic E-state index is 12.1. The van der Waals surface area contributed by atoms with E-state index in [1.807, 2.05) is 36.4 Å². The van der Waals surface area contributed by atoms with E-state index in [1.54, 1.807) is 31.2 Å². The zero-order valence-corrected chi connectivity index (χ0v) is 13.1.